The summed E-state index contributed by atoms with van der Waals surface area (Å²) in [4.78, 5) is 16.0. The molecule has 17 heavy (non-hydrogen) atoms. The van der Waals surface area contributed by atoms with Gasteiger partial charge in [-0.05, 0) is 41.1 Å². The Hall–Kier alpha value is -1.69. The number of nitrogens with zero attached hydrogens (tertiary/aromatic N) is 3. The summed E-state index contributed by atoms with van der Waals surface area (Å²) in [6, 6.07) is 5.27. The lowest BCUT2D eigenvalue weighted by Gasteiger charge is -2.04. The average Bonchev–Trinajstić information content (AvgIpc) is 2.61. The highest BCUT2D eigenvalue weighted by atomic mass is 79.9. The lowest BCUT2D eigenvalue weighted by atomic mass is 10.3. The van der Waals surface area contributed by atoms with E-state index in [1.807, 2.05) is 13.0 Å². The van der Waals surface area contributed by atoms with E-state index in [1.54, 1.807) is 30.1 Å². The molecule has 0 aliphatic heterocycles. The molecule has 0 fully saturated rings. The van der Waals surface area contributed by atoms with Crippen molar-refractivity contribution in [2.45, 2.75) is 6.92 Å². The van der Waals surface area contributed by atoms with E-state index in [2.05, 4.69) is 31.3 Å². The number of nitrogens with one attached hydrogen (secondary N) is 1. The minimum atomic E-state index is -0.220. The predicted octanol–water partition coefficient (Wildman–Crippen LogP) is 2.14. The van der Waals surface area contributed by atoms with E-state index in [-0.39, 0.29) is 5.91 Å². The van der Waals surface area contributed by atoms with Crippen LogP contribution in [-0.4, -0.2) is 20.7 Å². The van der Waals surface area contributed by atoms with Gasteiger partial charge in [-0.25, -0.2) is 4.98 Å². The van der Waals surface area contributed by atoms with E-state index in [4.69, 9.17) is 0 Å². The number of rotatable bonds is 2. The fourth-order valence-corrected chi connectivity index (χ4v) is 1.69. The van der Waals surface area contributed by atoms with Crippen molar-refractivity contribution in [1.29, 1.82) is 0 Å². The van der Waals surface area contributed by atoms with E-state index < -0.39 is 0 Å². The van der Waals surface area contributed by atoms with E-state index in [0.29, 0.717) is 11.5 Å². The molecule has 1 N–H and O–H groups in total. The summed E-state index contributed by atoms with van der Waals surface area (Å²) in [6.45, 7) is 1.84. The van der Waals surface area contributed by atoms with Crippen LogP contribution in [0.4, 0.5) is 5.82 Å². The predicted molar refractivity (Wildman–Crippen MR) is 67.8 cm³/mol. The highest BCUT2D eigenvalue weighted by Crippen LogP contribution is 2.11. The second-order valence-corrected chi connectivity index (χ2v) is 4.53. The molecule has 1 amide bonds. The summed E-state index contributed by atoms with van der Waals surface area (Å²) in [5.41, 5.74) is 1.31. The maximum atomic E-state index is 11.9. The molecule has 0 bridgehead atoms. The van der Waals surface area contributed by atoms with Gasteiger partial charge >= 0.3 is 0 Å². The van der Waals surface area contributed by atoms with Gasteiger partial charge in [0.1, 0.15) is 11.5 Å². The quantitative estimate of drug-likeness (QED) is 0.923. The molecule has 0 unspecified atom stereocenters. The van der Waals surface area contributed by atoms with E-state index in [9.17, 15) is 4.79 Å². The minimum Gasteiger partial charge on any atom is -0.305 e. The van der Waals surface area contributed by atoms with Crippen LogP contribution in [0.25, 0.3) is 0 Å². The second-order valence-electron chi connectivity index (χ2n) is 3.61. The van der Waals surface area contributed by atoms with Gasteiger partial charge in [0.15, 0.2) is 0 Å². The molecular weight excluding hydrogens is 284 g/mol. The molecule has 0 saturated heterocycles. The first kappa shape index (κ1) is 11.8. The zero-order chi connectivity index (χ0) is 12.4. The van der Waals surface area contributed by atoms with Crippen LogP contribution in [0.2, 0.25) is 0 Å². The molecular formula is C11H11BrN4O. The van der Waals surface area contributed by atoms with Gasteiger partial charge in [-0.1, -0.05) is 0 Å². The van der Waals surface area contributed by atoms with Crippen molar-refractivity contribution in [3.05, 3.63) is 40.3 Å². The average molecular weight is 295 g/mol. The molecule has 0 aliphatic rings. The number of carbonyl (C=O) groups is 1. The summed E-state index contributed by atoms with van der Waals surface area (Å²) in [6.07, 6.45) is 1.63. The van der Waals surface area contributed by atoms with Crippen LogP contribution < -0.4 is 5.32 Å². The molecule has 0 saturated carbocycles. The van der Waals surface area contributed by atoms with Crippen molar-refractivity contribution in [3.8, 4) is 0 Å². The van der Waals surface area contributed by atoms with Crippen molar-refractivity contribution in [3.63, 3.8) is 0 Å². The van der Waals surface area contributed by atoms with Gasteiger partial charge in [-0.3, -0.25) is 9.48 Å². The number of anilines is 1. The maximum Gasteiger partial charge on any atom is 0.275 e. The lowest BCUT2D eigenvalue weighted by molar-refractivity contribution is 0.101. The third-order valence-electron chi connectivity index (χ3n) is 2.20. The summed E-state index contributed by atoms with van der Waals surface area (Å²) >= 11 is 3.28. The van der Waals surface area contributed by atoms with Crippen molar-refractivity contribution in [1.82, 2.24) is 14.8 Å². The van der Waals surface area contributed by atoms with Crippen molar-refractivity contribution in [2.75, 3.05) is 5.32 Å². The van der Waals surface area contributed by atoms with Gasteiger partial charge < -0.3 is 5.32 Å². The fourth-order valence-electron chi connectivity index (χ4n) is 1.45. The second kappa shape index (κ2) is 4.67. The lowest BCUT2D eigenvalue weighted by Crippen LogP contribution is -2.16. The molecule has 0 aliphatic carbocycles. The van der Waals surface area contributed by atoms with Crippen LogP contribution >= 0.6 is 15.9 Å². The standard InChI is InChI=1S/C11H11BrN4O/c1-7-5-9(16(2)15-7)11(17)14-10-4-3-8(12)6-13-10/h3-6H,1-2H3,(H,13,14,17). The van der Waals surface area contributed by atoms with Crippen molar-refractivity contribution < 1.29 is 4.79 Å². The Kier molecular flexibility index (Phi) is 3.23. The summed E-state index contributed by atoms with van der Waals surface area (Å²) in [5, 5.41) is 6.82. The molecule has 0 atom stereocenters. The Morgan fingerprint density at radius 2 is 2.24 bits per heavy atom. The third kappa shape index (κ3) is 2.71. The summed E-state index contributed by atoms with van der Waals surface area (Å²) < 4.78 is 2.41. The highest BCUT2D eigenvalue weighted by molar-refractivity contribution is 9.10. The van der Waals surface area contributed by atoms with Crippen LogP contribution in [0.5, 0.6) is 0 Å². The largest absolute Gasteiger partial charge is 0.305 e. The van der Waals surface area contributed by atoms with Gasteiger partial charge in [-0.2, -0.15) is 5.10 Å². The molecule has 2 aromatic heterocycles. The van der Waals surface area contributed by atoms with Crippen molar-refractivity contribution in [2.24, 2.45) is 7.05 Å². The first-order valence-electron chi connectivity index (χ1n) is 5.00. The van der Waals surface area contributed by atoms with Gasteiger partial charge in [0.25, 0.3) is 5.91 Å². The Morgan fingerprint density at radius 3 is 2.76 bits per heavy atom. The number of pyridine rings is 1. The highest BCUT2D eigenvalue weighted by Gasteiger charge is 2.12. The molecule has 6 heteroatoms. The van der Waals surface area contributed by atoms with Crippen LogP contribution in [0.15, 0.2) is 28.9 Å². The Bertz CT molecular complexity index is 547. The number of carbonyl (C=O) groups excluding carboxylic acids is 1. The fraction of sp³-hybridized carbons (Fsp3) is 0.182. The van der Waals surface area contributed by atoms with Gasteiger partial charge in [0, 0.05) is 17.7 Å². The molecule has 2 aromatic rings. The van der Waals surface area contributed by atoms with Crippen molar-refractivity contribution >= 4 is 27.7 Å². The van der Waals surface area contributed by atoms with E-state index in [0.717, 1.165) is 10.2 Å². The first-order chi connectivity index (χ1) is 8.06. The summed E-state index contributed by atoms with van der Waals surface area (Å²) in [5.74, 6) is 0.292. The van der Waals surface area contributed by atoms with E-state index >= 15 is 0 Å². The number of amides is 1. The molecule has 0 aromatic carbocycles. The monoisotopic (exact) mass is 294 g/mol. The summed E-state index contributed by atoms with van der Waals surface area (Å²) in [7, 11) is 1.73. The smallest absolute Gasteiger partial charge is 0.275 e. The Morgan fingerprint density at radius 1 is 1.47 bits per heavy atom. The number of aromatic nitrogens is 3. The van der Waals surface area contributed by atoms with Crippen LogP contribution in [0.1, 0.15) is 16.2 Å². The Balaban J connectivity index is 2.17. The zero-order valence-electron chi connectivity index (χ0n) is 9.44. The number of aryl methyl sites for hydroxylation is 2. The van der Waals surface area contributed by atoms with Gasteiger partial charge in [0.2, 0.25) is 0 Å². The van der Waals surface area contributed by atoms with Gasteiger partial charge in [0.05, 0.1) is 5.69 Å². The number of hydrogen-bond acceptors (Lipinski definition) is 3. The SMILES string of the molecule is Cc1cc(C(=O)Nc2ccc(Br)cn2)n(C)n1. The van der Waals surface area contributed by atoms with Gasteiger partial charge in [-0.15, -0.1) is 0 Å². The molecule has 2 rings (SSSR count). The normalized spacial score (nSPS) is 10.3. The molecule has 5 nitrogen and oxygen atoms in total. The molecule has 0 radical (unpaired) electrons. The maximum absolute atomic E-state index is 11.9. The van der Waals surface area contributed by atoms with Crippen LogP contribution in [-0.2, 0) is 7.05 Å². The molecule has 2 heterocycles. The Labute approximate surface area is 107 Å². The number of hydrogen-bond donors (Lipinski definition) is 1. The topological polar surface area (TPSA) is 59.8 Å². The number of halogens is 1. The minimum absolute atomic E-state index is 0.220. The van der Waals surface area contributed by atoms with E-state index in [1.165, 1.54) is 0 Å². The first-order valence-corrected chi connectivity index (χ1v) is 5.79. The molecule has 0 spiro atoms. The molecule has 88 valence electrons. The van der Waals surface area contributed by atoms with Crippen LogP contribution in [0.3, 0.4) is 0 Å². The third-order valence-corrected chi connectivity index (χ3v) is 2.67. The zero-order valence-corrected chi connectivity index (χ0v) is 11.0. The van der Waals surface area contributed by atoms with Crippen LogP contribution in [0, 0.1) is 6.92 Å².